The first-order valence-electron chi connectivity index (χ1n) is 8.30. The Morgan fingerprint density at radius 3 is 2.27 bits per heavy atom. The maximum Gasteiger partial charge on any atom is 0.214 e. The molecule has 2 bridgehead atoms. The highest BCUT2D eigenvalue weighted by molar-refractivity contribution is 6.30. The molecule has 4 atom stereocenters. The Kier molecular flexibility index (Phi) is 4.20. The molecule has 1 aromatic rings. The fourth-order valence-corrected chi connectivity index (χ4v) is 4.38. The van der Waals surface area contributed by atoms with Gasteiger partial charge in [-0.2, -0.15) is 15.8 Å². The van der Waals surface area contributed by atoms with E-state index in [-0.39, 0.29) is 5.90 Å². The van der Waals surface area contributed by atoms with Crippen molar-refractivity contribution in [3.8, 4) is 18.2 Å². The van der Waals surface area contributed by atoms with Crippen molar-refractivity contribution in [1.82, 2.24) is 0 Å². The molecule has 26 heavy (non-hydrogen) atoms. The number of nitrogens with one attached hydrogen (secondary N) is 1. The van der Waals surface area contributed by atoms with E-state index in [0.717, 1.165) is 0 Å². The number of fused-ring (bicyclic) bond motifs is 2. The van der Waals surface area contributed by atoms with Crippen molar-refractivity contribution in [2.45, 2.75) is 38.6 Å². The molecular weight excluding hydrogens is 352 g/mol. The van der Waals surface area contributed by atoms with Gasteiger partial charge in [0.1, 0.15) is 6.10 Å². The van der Waals surface area contributed by atoms with Crippen molar-refractivity contribution in [3.63, 3.8) is 0 Å². The highest BCUT2D eigenvalue weighted by Gasteiger charge is 2.78. The molecular formula is C19H17ClN4O2. The van der Waals surface area contributed by atoms with Gasteiger partial charge in [0.2, 0.25) is 17.1 Å². The minimum absolute atomic E-state index is 0.375. The van der Waals surface area contributed by atoms with E-state index in [1.165, 1.54) is 0 Å². The molecule has 2 heterocycles. The highest BCUT2D eigenvalue weighted by atomic mass is 35.5. The minimum Gasteiger partial charge on any atom is -0.448 e. The first-order valence-corrected chi connectivity index (χ1v) is 8.68. The Bertz CT molecular complexity index is 865. The Hall–Kier alpha value is -2.59. The highest BCUT2D eigenvalue weighted by Crippen LogP contribution is 2.67. The standard InChI is InChI=1S/C19H17ClN4O2/c1-3-4-14-17(2)25-15(12-5-7-13(20)8-6-12)18(9-21,10-22)19(14,11-23)16(24)26-17/h5-8,14-15,24H,3-4H2,1-2H3. The quantitative estimate of drug-likeness (QED) is 0.862. The predicted molar refractivity (Wildman–Crippen MR) is 92.6 cm³/mol. The summed E-state index contributed by atoms with van der Waals surface area (Å²) in [6, 6.07) is 12.8. The number of halogens is 1. The summed E-state index contributed by atoms with van der Waals surface area (Å²) in [5, 5.41) is 39.1. The smallest absolute Gasteiger partial charge is 0.214 e. The summed E-state index contributed by atoms with van der Waals surface area (Å²) in [4.78, 5) is 0. The number of nitriles is 3. The maximum atomic E-state index is 10.1. The summed E-state index contributed by atoms with van der Waals surface area (Å²) < 4.78 is 11.8. The molecule has 0 aliphatic carbocycles. The van der Waals surface area contributed by atoms with Gasteiger partial charge in [-0.05, 0) is 24.1 Å². The molecule has 2 aliphatic heterocycles. The topological polar surface area (TPSA) is 114 Å². The molecule has 3 rings (SSSR count). The van der Waals surface area contributed by atoms with Crippen LogP contribution < -0.4 is 0 Å². The van der Waals surface area contributed by atoms with Crippen LogP contribution in [0.5, 0.6) is 0 Å². The summed E-state index contributed by atoms with van der Waals surface area (Å²) in [7, 11) is 0. The molecule has 2 aliphatic rings. The lowest BCUT2D eigenvalue weighted by atomic mass is 9.53. The summed E-state index contributed by atoms with van der Waals surface area (Å²) in [6.45, 7) is 3.60. The van der Waals surface area contributed by atoms with Crippen LogP contribution in [0, 0.1) is 56.2 Å². The zero-order valence-electron chi connectivity index (χ0n) is 14.4. The van der Waals surface area contributed by atoms with Gasteiger partial charge in [0, 0.05) is 11.9 Å². The Morgan fingerprint density at radius 1 is 1.15 bits per heavy atom. The third-order valence-corrected chi connectivity index (χ3v) is 5.72. The van der Waals surface area contributed by atoms with Gasteiger partial charge in [0.05, 0.1) is 24.1 Å². The van der Waals surface area contributed by atoms with Crippen LogP contribution in [0.1, 0.15) is 38.4 Å². The lowest BCUT2D eigenvalue weighted by Gasteiger charge is -2.48. The molecule has 1 N–H and O–H groups in total. The van der Waals surface area contributed by atoms with E-state index in [1.54, 1.807) is 31.2 Å². The molecule has 2 fully saturated rings. The second kappa shape index (κ2) is 5.99. The van der Waals surface area contributed by atoms with E-state index >= 15 is 0 Å². The van der Waals surface area contributed by atoms with Crippen LogP contribution in [0.2, 0.25) is 5.02 Å². The average Bonchev–Trinajstić information content (AvgIpc) is 2.79. The van der Waals surface area contributed by atoms with Crippen molar-refractivity contribution in [1.29, 1.82) is 21.2 Å². The van der Waals surface area contributed by atoms with Crippen molar-refractivity contribution in [2.24, 2.45) is 16.7 Å². The van der Waals surface area contributed by atoms with Crippen LogP contribution in [0.15, 0.2) is 24.3 Å². The van der Waals surface area contributed by atoms with Gasteiger partial charge in [-0.1, -0.05) is 37.1 Å². The van der Waals surface area contributed by atoms with E-state index in [1.807, 2.05) is 19.1 Å². The number of hydrogen-bond donors (Lipinski definition) is 1. The van der Waals surface area contributed by atoms with E-state index in [4.69, 9.17) is 26.5 Å². The zero-order chi connectivity index (χ0) is 19.2. The van der Waals surface area contributed by atoms with Crippen LogP contribution in [0.3, 0.4) is 0 Å². The summed E-state index contributed by atoms with van der Waals surface area (Å²) in [5.74, 6) is -2.23. The largest absolute Gasteiger partial charge is 0.448 e. The second-order valence-corrected chi connectivity index (χ2v) is 7.23. The van der Waals surface area contributed by atoms with Gasteiger partial charge in [-0.15, -0.1) is 0 Å². The first-order chi connectivity index (χ1) is 12.3. The Balaban J connectivity index is 2.30. The number of benzene rings is 1. The monoisotopic (exact) mass is 368 g/mol. The molecule has 4 unspecified atom stereocenters. The van der Waals surface area contributed by atoms with Crippen molar-refractivity contribution < 1.29 is 9.47 Å². The van der Waals surface area contributed by atoms with Gasteiger partial charge in [-0.25, -0.2) is 0 Å². The molecule has 0 aromatic heterocycles. The molecule has 6 nitrogen and oxygen atoms in total. The van der Waals surface area contributed by atoms with Crippen molar-refractivity contribution >= 4 is 17.5 Å². The molecule has 0 saturated carbocycles. The van der Waals surface area contributed by atoms with Crippen LogP contribution in [0.4, 0.5) is 0 Å². The van der Waals surface area contributed by atoms with Gasteiger partial charge in [-0.3, -0.25) is 5.41 Å². The molecule has 7 heteroatoms. The van der Waals surface area contributed by atoms with Crippen molar-refractivity contribution in [2.75, 3.05) is 0 Å². The normalized spacial score (nSPS) is 34.2. The lowest BCUT2D eigenvalue weighted by molar-refractivity contribution is -0.273. The molecule has 1 aromatic carbocycles. The first kappa shape index (κ1) is 18.2. The fourth-order valence-electron chi connectivity index (χ4n) is 4.25. The van der Waals surface area contributed by atoms with Crippen molar-refractivity contribution in [3.05, 3.63) is 34.9 Å². The predicted octanol–water partition coefficient (Wildman–Crippen LogP) is 4.09. The SMILES string of the molecule is CCCC1C2(C)OC(=N)C1(C#N)C(C#N)(C#N)C(c1ccc(Cl)cc1)O2. The van der Waals surface area contributed by atoms with Gasteiger partial charge in [0.25, 0.3) is 0 Å². The third-order valence-electron chi connectivity index (χ3n) is 5.46. The van der Waals surface area contributed by atoms with E-state index in [2.05, 4.69) is 6.07 Å². The van der Waals surface area contributed by atoms with Crippen LogP contribution in [-0.2, 0) is 9.47 Å². The van der Waals surface area contributed by atoms with E-state index in [0.29, 0.717) is 23.4 Å². The van der Waals surface area contributed by atoms with E-state index < -0.39 is 28.6 Å². The average molecular weight is 369 g/mol. The molecule has 132 valence electrons. The van der Waals surface area contributed by atoms with Gasteiger partial charge < -0.3 is 9.47 Å². The molecule has 0 radical (unpaired) electrons. The minimum atomic E-state index is -1.91. The Morgan fingerprint density at radius 2 is 1.77 bits per heavy atom. The lowest BCUT2D eigenvalue weighted by Crippen LogP contribution is -2.58. The molecule has 2 saturated heterocycles. The summed E-state index contributed by atoms with van der Waals surface area (Å²) in [6.07, 6.45) is 0.142. The number of ether oxygens (including phenoxy) is 2. The van der Waals surface area contributed by atoms with Gasteiger partial charge in [0.15, 0.2) is 5.41 Å². The zero-order valence-corrected chi connectivity index (χ0v) is 15.2. The number of hydrogen-bond acceptors (Lipinski definition) is 6. The van der Waals surface area contributed by atoms with Gasteiger partial charge >= 0.3 is 0 Å². The second-order valence-electron chi connectivity index (χ2n) is 6.79. The van der Waals surface area contributed by atoms with Crippen LogP contribution in [0.25, 0.3) is 0 Å². The number of rotatable bonds is 3. The maximum absolute atomic E-state index is 10.1. The Labute approximate surface area is 157 Å². The van der Waals surface area contributed by atoms with E-state index in [9.17, 15) is 15.8 Å². The summed E-state index contributed by atoms with van der Waals surface area (Å²) in [5.41, 5.74) is -3.08. The molecule has 0 amide bonds. The van der Waals surface area contributed by atoms with Crippen LogP contribution in [-0.4, -0.2) is 11.7 Å². The third kappa shape index (κ3) is 2.02. The van der Waals surface area contributed by atoms with Crippen LogP contribution >= 0.6 is 11.6 Å². The fraction of sp³-hybridized carbons (Fsp3) is 0.474. The molecule has 0 spiro atoms. The number of nitrogens with zero attached hydrogens (tertiary/aromatic N) is 3. The summed E-state index contributed by atoms with van der Waals surface area (Å²) >= 11 is 5.95.